The van der Waals surface area contributed by atoms with Gasteiger partial charge in [-0.1, -0.05) is 11.8 Å². The van der Waals surface area contributed by atoms with Gasteiger partial charge in [0.1, 0.15) is 5.76 Å². The molecule has 1 aromatic heterocycles. The molecule has 1 aromatic carbocycles. The number of dihydropyridines is 1. The molecule has 0 saturated carbocycles. The topological polar surface area (TPSA) is 138 Å². The summed E-state index contributed by atoms with van der Waals surface area (Å²) in [5.74, 6) is -0.859. The number of anilines is 1. The molecule has 12 heteroatoms. The summed E-state index contributed by atoms with van der Waals surface area (Å²) in [5, 5.41) is 27.0. The molecule has 33 heavy (non-hydrogen) atoms. The van der Waals surface area contributed by atoms with Gasteiger partial charge in [0.05, 0.1) is 45.2 Å². The molecule has 170 valence electrons. The number of nitro groups is 1. The smallest absolute Gasteiger partial charge is 0.271 e. The number of furan rings is 1. The van der Waals surface area contributed by atoms with E-state index in [2.05, 4.69) is 48.6 Å². The molecule has 0 aliphatic carbocycles. The van der Waals surface area contributed by atoms with Gasteiger partial charge in [-0.05, 0) is 57.8 Å². The van der Waals surface area contributed by atoms with E-state index in [0.717, 1.165) is 11.8 Å². The number of allylic oxidation sites excluding steroid dienone is 3. The van der Waals surface area contributed by atoms with Crippen LogP contribution in [0.5, 0.6) is 0 Å². The Bertz CT molecular complexity index is 1220. The third kappa shape index (κ3) is 5.38. The lowest BCUT2D eigenvalue weighted by atomic mass is 9.84. The normalized spacial score (nSPS) is 15.7. The zero-order valence-corrected chi connectivity index (χ0v) is 21.3. The van der Waals surface area contributed by atoms with Crippen LogP contribution in [0.4, 0.5) is 11.4 Å². The predicted octanol–water partition coefficient (Wildman–Crippen LogP) is 5.37. The summed E-state index contributed by atoms with van der Waals surface area (Å²) in [6.45, 7) is 3.16. The molecule has 2 N–H and O–H groups in total. The average Bonchev–Trinajstić information content (AvgIpc) is 3.28. The number of benzene rings is 1. The highest BCUT2D eigenvalue weighted by molar-refractivity contribution is 9.11. The Hall–Kier alpha value is -2.88. The molecule has 0 saturated heterocycles. The minimum atomic E-state index is -0.674. The zero-order valence-electron chi connectivity index (χ0n) is 17.3. The molecule has 9 nitrogen and oxygen atoms in total. The minimum Gasteiger partial charge on any atom is -0.468 e. The lowest BCUT2D eigenvalue weighted by Gasteiger charge is -2.27. The Morgan fingerprint density at radius 3 is 2.55 bits per heavy atom. The van der Waals surface area contributed by atoms with Crippen LogP contribution < -0.4 is 10.6 Å². The van der Waals surface area contributed by atoms with Crippen LogP contribution in [0.25, 0.3) is 0 Å². The molecule has 0 spiro atoms. The van der Waals surface area contributed by atoms with Crippen molar-refractivity contribution in [3.63, 3.8) is 0 Å². The van der Waals surface area contributed by atoms with E-state index < -0.39 is 16.7 Å². The van der Waals surface area contributed by atoms with E-state index in [1.165, 1.54) is 25.3 Å². The summed E-state index contributed by atoms with van der Waals surface area (Å²) >= 11 is 7.57. The number of Topliss-reactive ketones (excluding diaryl/α,β-unsaturated/α-hetero) is 1. The molecule has 1 amide bonds. The van der Waals surface area contributed by atoms with Gasteiger partial charge in [-0.3, -0.25) is 19.7 Å². The number of nitrogens with zero attached hydrogens (tertiary/aromatic N) is 2. The number of hydrogen-bond donors (Lipinski definition) is 2. The van der Waals surface area contributed by atoms with Crippen LogP contribution in [0.1, 0.15) is 25.5 Å². The number of nitrogens with one attached hydrogen (secondary N) is 2. The maximum absolute atomic E-state index is 12.6. The molecule has 0 fully saturated rings. The molecule has 2 aromatic rings. The molecule has 0 unspecified atom stereocenters. The Morgan fingerprint density at radius 2 is 2.03 bits per heavy atom. The molecule has 1 aliphatic heterocycles. The van der Waals surface area contributed by atoms with Crippen LogP contribution in [0.15, 0.2) is 65.8 Å². The van der Waals surface area contributed by atoms with Gasteiger partial charge in [-0.15, -0.1) is 0 Å². The van der Waals surface area contributed by atoms with Gasteiger partial charge < -0.3 is 15.1 Å². The van der Waals surface area contributed by atoms with Gasteiger partial charge in [-0.2, -0.15) is 5.26 Å². The highest BCUT2D eigenvalue weighted by atomic mass is 79.9. The van der Waals surface area contributed by atoms with Gasteiger partial charge in [0.2, 0.25) is 5.91 Å². The number of nitro benzene ring substituents is 1. The quantitative estimate of drug-likeness (QED) is 0.322. The van der Waals surface area contributed by atoms with Gasteiger partial charge in [0.15, 0.2) is 5.78 Å². The predicted molar refractivity (Wildman–Crippen MR) is 130 cm³/mol. The van der Waals surface area contributed by atoms with Crippen molar-refractivity contribution in [3.05, 3.63) is 77.2 Å². The second-order valence-electron chi connectivity index (χ2n) is 6.90. The zero-order chi connectivity index (χ0) is 24.3. The third-order valence-electron chi connectivity index (χ3n) is 4.70. The van der Waals surface area contributed by atoms with Crippen LogP contribution >= 0.6 is 43.6 Å². The number of ketones is 1. The van der Waals surface area contributed by atoms with E-state index in [0.29, 0.717) is 36.7 Å². The summed E-state index contributed by atoms with van der Waals surface area (Å²) in [5.41, 5.74) is 1.49. The summed E-state index contributed by atoms with van der Waals surface area (Å²) < 4.78 is 6.18. The van der Waals surface area contributed by atoms with Crippen molar-refractivity contribution < 1.29 is 18.9 Å². The lowest BCUT2D eigenvalue weighted by molar-refractivity contribution is -0.385. The largest absolute Gasteiger partial charge is 0.468 e. The summed E-state index contributed by atoms with van der Waals surface area (Å²) in [4.78, 5) is 35.3. The van der Waals surface area contributed by atoms with Gasteiger partial charge in [-0.25, -0.2) is 0 Å². The van der Waals surface area contributed by atoms with Gasteiger partial charge >= 0.3 is 0 Å². The van der Waals surface area contributed by atoms with Crippen molar-refractivity contribution >= 4 is 66.7 Å². The average molecular weight is 596 g/mol. The Morgan fingerprint density at radius 1 is 1.36 bits per heavy atom. The van der Waals surface area contributed by atoms with Crippen molar-refractivity contribution in [3.8, 4) is 6.07 Å². The van der Waals surface area contributed by atoms with E-state index in [4.69, 9.17) is 4.42 Å². The minimum absolute atomic E-state index is 0.0586. The van der Waals surface area contributed by atoms with Gasteiger partial charge in [0, 0.05) is 32.3 Å². The lowest BCUT2D eigenvalue weighted by Crippen LogP contribution is -2.27. The number of hydrogen-bond acceptors (Lipinski definition) is 8. The van der Waals surface area contributed by atoms with Crippen LogP contribution in [0.3, 0.4) is 0 Å². The first-order valence-corrected chi connectivity index (χ1v) is 11.9. The monoisotopic (exact) mass is 594 g/mol. The van der Waals surface area contributed by atoms with Crippen LogP contribution in [-0.4, -0.2) is 22.4 Å². The molecule has 0 radical (unpaired) electrons. The fraction of sp³-hybridized carbons (Fsp3) is 0.190. The first kappa shape index (κ1) is 24.8. The van der Waals surface area contributed by atoms with Crippen molar-refractivity contribution in [2.45, 2.75) is 19.8 Å². The maximum Gasteiger partial charge on any atom is 0.271 e. The van der Waals surface area contributed by atoms with Crippen molar-refractivity contribution in [1.82, 2.24) is 5.32 Å². The molecule has 1 aliphatic rings. The van der Waals surface area contributed by atoms with Crippen molar-refractivity contribution in [2.75, 3.05) is 11.1 Å². The molecule has 0 bridgehead atoms. The second-order valence-corrected chi connectivity index (χ2v) is 9.60. The number of non-ortho nitro benzene ring substituents is 1. The summed E-state index contributed by atoms with van der Waals surface area (Å²) in [7, 11) is 0. The van der Waals surface area contributed by atoms with E-state index in [-0.39, 0.29) is 22.8 Å². The SMILES string of the molecule is CC(=O)C1=C(C)NC(SCC(=O)Nc2c(Br)cc([N+](=O)[O-])cc2Br)=C(C#N)[C@@H]1c1ccco1. The van der Waals surface area contributed by atoms with Gasteiger partial charge in [0.25, 0.3) is 5.69 Å². The fourth-order valence-corrected chi connectivity index (χ4v) is 5.58. The number of thioether (sulfide) groups is 1. The molecule has 3 rings (SSSR count). The number of halogens is 2. The number of amides is 1. The Labute approximate surface area is 209 Å². The molecular formula is C21H16Br2N4O5S. The standard InChI is InChI=1S/C21H16Br2N4O5S/c1-10-18(11(2)28)19(16-4-3-5-32-16)13(8-24)21(25-10)33-9-17(29)26-20-14(22)6-12(27(30)31)7-15(20)23/h3-7,19,25H,9H2,1-2H3,(H,26,29)/t19-/m1/s1. The van der Waals surface area contributed by atoms with Crippen LogP contribution in [0.2, 0.25) is 0 Å². The third-order valence-corrected chi connectivity index (χ3v) is 6.97. The second kappa shape index (κ2) is 10.4. The van der Waals surface area contributed by atoms with Crippen LogP contribution in [-0.2, 0) is 9.59 Å². The van der Waals surface area contributed by atoms with E-state index in [9.17, 15) is 25.0 Å². The number of nitriles is 1. The fourth-order valence-electron chi connectivity index (χ4n) is 3.33. The Kier molecular flexibility index (Phi) is 7.78. The molecule has 2 heterocycles. The van der Waals surface area contributed by atoms with E-state index in [1.807, 2.05) is 0 Å². The number of rotatable bonds is 7. The summed E-state index contributed by atoms with van der Waals surface area (Å²) in [6.07, 6.45) is 1.47. The first-order chi connectivity index (χ1) is 15.6. The highest BCUT2D eigenvalue weighted by Gasteiger charge is 2.35. The highest BCUT2D eigenvalue weighted by Crippen LogP contribution is 2.41. The maximum atomic E-state index is 12.6. The number of carbonyl (C=O) groups is 2. The van der Waals surface area contributed by atoms with E-state index in [1.54, 1.807) is 19.1 Å². The first-order valence-electron chi connectivity index (χ1n) is 9.36. The van der Waals surface area contributed by atoms with Crippen molar-refractivity contribution in [1.29, 1.82) is 5.26 Å². The molecular weight excluding hydrogens is 580 g/mol. The van der Waals surface area contributed by atoms with Crippen LogP contribution in [0, 0.1) is 21.4 Å². The van der Waals surface area contributed by atoms with Crippen molar-refractivity contribution in [2.24, 2.45) is 0 Å². The Balaban J connectivity index is 1.82. The summed E-state index contributed by atoms with van der Waals surface area (Å²) in [6, 6.07) is 8.10. The number of carbonyl (C=O) groups excluding carboxylic acids is 2. The van der Waals surface area contributed by atoms with E-state index >= 15 is 0 Å². The molecule has 1 atom stereocenters.